The summed E-state index contributed by atoms with van der Waals surface area (Å²) in [6.45, 7) is 4.09. The summed E-state index contributed by atoms with van der Waals surface area (Å²) < 4.78 is 0. The van der Waals surface area contributed by atoms with Crippen LogP contribution in [0.3, 0.4) is 0 Å². The van der Waals surface area contributed by atoms with E-state index >= 15 is 0 Å². The van der Waals surface area contributed by atoms with Crippen LogP contribution in [0.4, 0.5) is 5.69 Å². The van der Waals surface area contributed by atoms with Crippen molar-refractivity contribution < 1.29 is 4.98 Å². The van der Waals surface area contributed by atoms with Crippen molar-refractivity contribution in [1.82, 2.24) is 0 Å². The van der Waals surface area contributed by atoms with E-state index in [9.17, 15) is 0 Å². The molecule has 0 radical (unpaired) electrons. The topological polar surface area (TPSA) is 40.2 Å². The van der Waals surface area contributed by atoms with Crippen LogP contribution in [-0.4, -0.2) is 0 Å². The number of hydrogen-bond donors (Lipinski definition) is 1. The van der Waals surface area contributed by atoms with Crippen LogP contribution in [-0.2, 0) is 6.42 Å². The molecule has 3 N–H and O–H groups in total. The van der Waals surface area contributed by atoms with Gasteiger partial charge >= 0.3 is 0 Å². The van der Waals surface area contributed by atoms with Crippen LogP contribution < -0.4 is 10.7 Å². The Kier molecular flexibility index (Phi) is 1.90. The molecule has 0 unspecified atom stereocenters. The molecule has 54 valence electrons. The molecular weight excluding hydrogens is 124 g/mol. The van der Waals surface area contributed by atoms with Gasteiger partial charge in [-0.3, -0.25) is 0 Å². The van der Waals surface area contributed by atoms with Gasteiger partial charge in [-0.05, 0) is 6.42 Å². The van der Waals surface area contributed by atoms with E-state index in [1.54, 1.807) is 0 Å². The Bertz CT molecular complexity index is 231. The van der Waals surface area contributed by atoms with E-state index in [0.717, 1.165) is 17.8 Å². The fourth-order valence-corrected chi connectivity index (χ4v) is 0.958. The number of nitrogens with one attached hydrogen (secondary N) is 1. The highest BCUT2D eigenvalue weighted by Gasteiger charge is 2.00. The number of aromatic nitrogens is 1. The average Bonchev–Trinajstić information content (AvgIpc) is 1.88. The third-order valence-corrected chi connectivity index (χ3v) is 1.60. The third kappa shape index (κ3) is 1.26. The smallest absolute Gasteiger partial charge is 0.178 e. The molecule has 0 aliphatic carbocycles. The monoisotopic (exact) mass is 137 g/mol. The maximum Gasteiger partial charge on any atom is 0.178 e. The predicted octanol–water partition coefficient (Wildman–Crippen LogP) is 0.954. The van der Waals surface area contributed by atoms with Crippen LogP contribution in [0.15, 0.2) is 12.3 Å². The molecule has 10 heavy (non-hydrogen) atoms. The van der Waals surface area contributed by atoms with Crippen LogP contribution in [0.5, 0.6) is 0 Å². The van der Waals surface area contributed by atoms with Crippen molar-refractivity contribution in [2.75, 3.05) is 5.73 Å². The molecule has 1 rings (SSSR count). The molecule has 0 aliphatic rings. The lowest BCUT2D eigenvalue weighted by Gasteiger charge is -1.96. The molecule has 2 nitrogen and oxygen atoms in total. The first-order chi connectivity index (χ1) is 4.74. The molecule has 0 bridgehead atoms. The number of rotatable bonds is 1. The largest absolute Gasteiger partial charge is 0.398 e. The summed E-state index contributed by atoms with van der Waals surface area (Å²) in [6, 6.07) is 1.96. The zero-order valence-corrected chi connectivity index (χ0v) is 6.44. The minimum atomic E-state index is 0.888. The zero-order valence-electron chi connectivity index (χ0n) is 6.44. The fraction of sp³-hybridized carbons (Fsp3) is 0.375. The van der Waals surface area contributed by atoms with Gasteiger partial charge in [-0.2, -0.15) is 0 Å². The van der Waals surface area contributed by atoms with Crippen molar-refractivity contribution >= 4 is 5.69 Å². The van der Waals surface area contributed by atoms with Gasteiger partial charge in [-0.15, -0.1) is 0 Å². The number of pyridine rings is 1. The summed E-state index contributed by atoms with van der Waals surface area (Å²) in [4.78, 5) is 3.11. The molecule has 1 aromatic heterocycles. The van der Waals surface area contributed by atoms with Crippen molar-refractivity contribution in [1.29, 1.82) is 0 Å². The lowest BCUT2D eigenvalue weighted by molar-refractivity contribution is -0.388. The maximum atomic E-state index is 5.71. The van der Waals surface area contributed by atoms with E-state index in [4.69, 9.17) is 5.73 Å². The molecule has 0 amide bonds. The van der Waals surface area contributed by atoms with Crippen molar-refractivity contribution in [2.24, 2.45) is 0 Å². The molecule has 0 fully saturated rings. The number of aryl methyl sites for hydroxylation is 2. The van der Waals surface area contributed by atoms with E-state index in [2.05, 4.69) is 11.9 Å². The second kappa shape index (κ2) is 2.69. The molecule has 2 heteroatoms. The standard InChI is InChI=1S/C8H12N2/c1-3-7-5-10-6(2)4-8(7)9/h4-5H,3H2,1-2H3,(H2,9,10)/p+1. The van der Waals surface area contributed by atoms with Gasteiger partial charge in [0.05, 0.1) is 0 Å². The van der Waals surface area contributed by atoms with Crippen molar-refractivity contribution in [3.05, 3.63) is 23.5 Å². The summed E-state index contributed by atoms with van der Waals surface area (Å²) in [5.74, 6) is 0. The summed E-state index contributed by atoms with van der Waals surface area (Å²) in [6.07, 6.45) is 2.95. The van der Waals surface area contributed by atoms with Gasteiger partial charge in [-0.1, -0.05) is 6.92 Å². The number of hydrogen-bond acceptors (Lipinski definition) is 1. The van der Waals surface area contributed by atoms with Gasteiger partial charge < -0.3 is 5.73 Å². The first-order valence-corrected chi connectivity index (χ1v) is 3.50. The Morgan fingerprint density at radius 3 is 2.80 bits per heavy atom. The number of H-pyrrole nitrogens is 1. The van der Waals surface area contributed by atoms with Crippen LogP contribution in [0.25, 0.3) is 0 Å². The fourth-order valence-electron chi connectivity index (χ4n) is 0.958. The SMILES string of the molecule is CCc1c[nH+]c(C)cc1N. The average molecular weight is 137 g/mol. The molecule has 1 heterocycles. The molecule has 0 aromatic carbocycles. The van der Waals surface area contributed by atoms with Gasteiger partial charge in [0.25, 0.3) is 0 Å². The molecule has 0 saturated heterocycles. The number of aromatic amines is 1. The lowest BCUT2D eigenvalue weighted by Crippen LogP contribution is -2.09. The van der Waals surface area contributed by atoms with Gasteiger partial charge in [-0.25, -0.2) is 4.98 Å². The second-order valence-corrected chi connectivity index (χ2v) is 2.45. The van der Waals surface area contributed by atoms with Gasteiger partial charge in [0.1, 0.15) is 0 Å². The van der Waals surface area contributed by atoms with Crippen LogP contribution in [0, 0.1) is 6.92 Å². The summed E-state index contributed by atoms with van der Waals surface area (Å²) in [7, 11) is 0. The highest BCUT2D eigenvalue weighted by atomic mass is 14.7. The lowest BCUT2D eigenvalue weighted by atomic mass is 10.2. The molecule has 1 aromatic rings. The molecule has 0 saturated carbocycles. The molecular formula is C8H13N2+. The van der Waals surface area contributed by atoms with Crippen LogP contribution in [0.1, 0.15) is 18.2 Å². The Hall–Kier alpha value is -1.05. The maximum absolute atomic E-state index is 5.71. The van der Waals surface area contributed by atoms with E-state index in [1.165, 1.54) is 5.56 Å². The summed E-state index contributed by atoms with van der Waals surface area (Å²) in [5, 5.41) is 0. The van der Waals surface area contributed by atoms with Gasteiger partial charge in [0.15, 0.2) is 11.9 Å². The molecule has 0 atom stereocenters. The van der Waals surface area contributed by atoms with E-state index in [0.29, 0.717) is 0 Å². The van der Waals surface area contributed by atoms with E-state index in [1.807, 2.05) is 19.2 Å². The number of nitrogen functional groups attached to an aromatic ring is 1. The first kappa shape index (κ1) is 7.06. The summed E-state index contributed by atoms with van der Waals surface area (Å²) in [5.41, 5.74) is 8.89. The van der Waals surface area contributed by atoms with Crippen molar-refractivity contribution in [3.8, 4) is 0 Å². The number of nitrogens with two attached hydrogens (primary N) is 1. The number of anilines is 1. The highest BCUT2D eigenvalue weighted by Crippen LogP contribution is 2.08. The zero-order chi connectivity index (χ0) is 7.56. The Labute approximate surface area is 61.1 Å². The van der Waals surface area contributed by atoms with Crippen LogP contribution in [0.2, 0.25) is 0 Å². The molecule has 0 aliphatic heterocycles. The summed E-state index contributed by atoms with van der Waals surface area (Å²) >= 11 is 0. The Balaban J connectivity index is 3.07. The minimum Gasteiger partial charge on any atom is -0.398 e. The van der Waals surface area contributed by atoms with Crippen LogP contribution >= 0.6 is 0 Å². The minimum absolute atomic E-state index is 0.888. The van der Waals surface area contributed by atoms with Gasteiger partial charge in [0.2, 0.25) is 0 Å². The first-order valence-electron chi connectivity index (χ1n) is 3.50. The predicted molar refractivity (Wildman–Crippen MR) is 41.5 cm³/mol. The Morgan fingerprint density at radius 2 is 2.30 bits per heavy atom. The van der Waals surface area contributed by atoms with Gasteiger partial charge in [0, 0.05) is 24.2 Å². The van der Waals surface area contributed by atoms with E-state index < -0.39 is 0 Å². The van der Waals surface area contributed by atoms with Crippen molar-refractivity contribution in [2.45, 2.75) is 20.3 Å². The van der Waals surface area contributed by atoms with Crippen molar-refractivity contribution in [3.63, 3.8) is 0 Å². The second-order valence-electron chi connectivity index (χ2n) is 2.45. The molecule has 0 spiro atoms. The highest BCUT2D eigenvalue weighted by molar-refractivity contribution is 5.44. The normalized spacial score (nSPS) is 9.80. The Morgan fingerprint density at radius 1 is 1.60 bits per heavy atom. The third-order valence-electron chi connectivity index (χ3n) is 1.60. The quantitative estimate of drug-likeness (QED) is 0.615. The van der Waals surface area contributed by atoms with E-state index in [-0.39, 0.29) is 0 Å².